The molecule has 4 rings (SSSR count). The van der Waals surface area contributed by atoms with Crippen molar-refractivity contribution < 1.29 is 14.3 Å². The van der Waals surface area contributed by atoms with Gasteiger partial charge in [0.25, 0.3) is 5.91 Å². The Bertz CT molecular complexity index is 1390. The van der Waals surface area contributed by atoms with Crippen LogP contribution < -0.4 is 15.4 Å². The van der Waals surface area contributed by atoms with E-state index in [1.165, 1.54) is 14.0 Å². The van der Waals surface area contributed by atoms with Crippen LogP contribution in [0.15, 0.2) is 54.7 Å². The number of fused-ring (bicyclic) bond motifs is 1. The minimum Gasteiger partial charge on any atom is -0.495 e. The van der Waals surface area contributed by atoms with Crippen molar-refractivity contribution in [1.29, 1.82) is 0 Å². The van der Waals surface area contributed by atoms with E-state index in [-0.39, 0.29) is 17.9 Å². The molecule has 0 aliphatic heterocycles. The van der Waals surface area contributed by atoms with Crippen LogP contribution in [0.4, 0.5) is 11.4 Å². The number of aromatic nitrogens is 3. The minimum absolute atomic E-state index is 0.0717. The lowest BCUT2D eigenvalue weighted by molar-refractivity contribution is -0.114. The maximum absolute atomic E-state index is 13.6. The average molecular weight is 458 g/mol. The molecule has 0 atom stereocenters. The van der Waals surface area contributed by atoms with Gasteiger partial charge in [0.15, 0.2) is 5.65 Å². The first-order valence-corrected chi connectivity index (χ1v) is 11.0. The van der Waals surface area contributed by atoms with E-state index in [9.17, 15) is 9.59 Å². The van der Waals surface area contributed by atoms with Crippen molar-refractivity contribution >= 4 is 34.2 Å². The van der Waals surface area contributed by atoms with Gasteiger partial charge in [-0.2, -0.15) is 5.10 Å². The summed E-state index contributed by atoms with van der Waals surface area (Å²) in [5.74, 6) is -0.0594. The van der Waals surface area contributed by atoms with Crippen LogP contribution in [0.5, 0.6) is 5.75 Å². The second-order valence-electron chi connectivity index (χ2n) is 8.34. The normalized spacial score (nSPS) is 11.0. The molecule has 0 bridgehead atoms. The van der Waals surface area contributed by atoms with Crippen molar-refractivity contribution in [2.75, 3.05) is 17.7 Å². The summed E-state index contributed by atoms with van der Waals surface area (Å²) in [4.78, 5) is 29.9. The Morgan fingerprint density at radius 1 is 1.06 bits per heavy atom. The summed E-state index contributed by atoms with van der Waals surface area (Å²) in [5, 5.41) is 10.8. The van der Waals surface area contributed by atoms with E-state index in [0.29, 0.717) is 39.4 Å². The van der Waals surface area contributed by atoms with Crippen LogP contribution >= 0.6 is 0 Å². The van der Waals surface area contributed by atoms with Gasteiger partial charge in [0.1, 0.15) is 5.75 Å². The van der Waals surface area contributed by atoms with E-state index in [1.54, 1.807) is 30.5 Å². The number of benzene rings is 2. The number of nitrogens with one attached hydrogen (secondary N) is 2. The predicted octanol–water partition coefficient (Wildman–Crippen LogP) is 5.21. The molecule has 0 saturated carbocycles. The van der Waals surface area contributed by atoms with Crippen LogP contribution in [-0.2, 0) is 4.79 Å². The fraction of sp³-hybridized carbons (Fsp3) is 0.231. The number of anilines is 2. The molecular formula is C26H27N5O3. The Morgan fingerprint density at radius 2 is 1.82 bits per heavy atom. The highest BCUT2D eigenvalue weighted by Gasteiger charge is 2.20. The molecular weight excluding hydrogens is 430 g/mol. The summed E-state index contributed by atoms with van der Waals surface area (Å²) in [6.07, 6.45) is 1.67. The van der Waals surface area contributed by atoms with Gasteiger partial charge in [0, 0.05) is 24.2 Å². The number of methoxy groups -OCH3 is 1. The molecule has 2 aromatic heterocycles. The SMILES string of the molecule is COc1ccc(NC(C)=O)cc1NC(=O)c1cc(-c2ccccc2C)nc2c1cnn2C(C)C. The maximum Gasteiger partial charge on any atom is 0.256 e. The average Bonchev–Trinajstić information content (AvgIpc) is 3.23. The zero-order chi connectivity index (χ0) is 24.4. The van der Waals surface area contributed by atoms with E-state index in [2.05, 4.69) is 15.7 Å². The molecule has 0 fully saturated rings. The predicted molar refractivity (Wildman–Crippen MR) is 133 cm³/mol. The molecule has 0 aliphatic carbocycles. The summed E-state index contributed by atoms with van der Waals surface area (Å²) in [5.41, 5.74) is 4.77. The standard InChI is InChI=1S/C26H27N5O3/c1-15(2)31-25-21(14-27-31)20(13-22(29-25)19-9-7-6-8-16(19)3)26(33)30-23-12-18(28-17(4)32)10-11-24(23)34-5/h6-15H,1-5H3,(H,28,32)(H,30,33). The summed E-state index contributed by atoms with van der Waals surface area (Å²) in [6.45, 7) is 7.48. The van der Waals surface area contributed by atoms with Crippen molar-refractivity contribution in [3.05, 3.63) is 65.9 Å². The number of amides is 2. The molecule has 0 unspecified atom stereocenters. The monoisotopic (exact) mass is 457 g/mol. The van der Waals surface area contributed by atoms with Crippen molar-refractivity contribution in [3.8, 4) is 17.0 Å². The topological polar surface area (TPSA) is 98.1 Å². The minimum atomic E-state index is -0.330. The van der Waals surface area contributed by atoms with Crippen LogP contribution in [0.1, 0.15) is 42.7 Å². The van der Waals surface area contributed by atoms with Crippen molar-refractivity contribution in [1.82, 2.24) is 14.8 Å². The van der Waals surface area contributed by atoms with Crippen LogP contribution in [0, 0.1) is 6.92 Å². The Balaban J connectivity index is 1.83. The van der Waals surface area contributed by atoms with Gasteiger partial charge in [-0.25, -0.2) is 9.67 Å². The molecule has 0 spiro atoms. The largest absolute Gasteiger partial charge is 0.495 e. The molecule has 0 saturated heterocycles. The molecule has 2 N–H and O–H groups in total. The van der Waals surface area contributed by atoms with Gasteiger partial charge >= 0.3 is 0 Å². The number of carbonyl (C=O) groups excluding carboxylic acids is 2. The molecule has 4 aromatic rings. The third-order valence-electron chi connectivity index (χ3n) is 5.49. The molecule has 8 nitrogen and oxygen atoms in total. The van der Waals surface area contributed by atoms with Gasteiger partial charge < -0.3 is 15.4 Å². The number of hydrogen-bond acceptors (Lipinski definition) is 5. The van der Waals surface area contributed by atoms with E-state index >= 15 is 0 Å². The number of pyridine rings is 1. The highest BCUT2D eigenvalue weighted by Crippen LogP contribution is 2.31. The lowest BCUT2D eigenvalue weighted by Crippen LogP contribution is -2.15. The third kappa shape index (κ3) is 4.47. The Hall–Kier alpha value is -4.20. The first kappa shape index (κ1) is 23.0. The summed E-state index contributed by atoms with van der Waals surface area (Å²) < 4.78 is 7.23. The van der Waals surface area contributed by atoms with Crippen molar-refractivity contribution in [2.24, 2.45) is 0 Å². The first-order valence-electron chi connectivity index (χ1n) is 11.0. The highest BCUT2D eigenvalue weighted by molar-refractivity contribution is 6.13. The van der Waals surface area contributed by atoms with Crippen molar-refractivity contribution in [3.63, 3.8) is 0 Å². The summed E-state index contributed by atoms with van der Waals surface area (Å²) in [7, 11) is 1.52. The first-order chi connectivity index (χ1) is 16.3. The van der Waals surface area contributed by atoms with Gasteiger partial charge in [-0.1, -0.05) is 24.3 Å². The number of carbonyl (C=O) groups is 2. The quantitative estimate of drug-likeness (QED) is 0.414. The van der Waals surface area contributed by atoms with Gasteiger partial charge in [-0.05, 0) is 50.6 Å². The van der Waals surface area contributed by atoms with Crippen LogP contribution in [0.25, 0.3) is 22.3 Å². The summed E-state index contributed by atoms with van der Waals surface area (Å²) >= 11 is 0. The van der Waals surface area contributed by atoms with E-state index < -0.39 is 0 Å². The Morgan fingerprint density at radius 3 is 2.50 bits per heavy atom. The van der Waals surface area contributed by atoms with E-state index in [4.69, 9.17) is 9.72 Å². The number of ether oxygens (including phenoxy) is 1. The number of rotatable bonds is 6. The molecule has 8 heteroatoms. The van der Waals surface area contributed by atoms with Crippen LogP contribution in [-0.4, -0.2) is 33.7 Å². The van der Waals surface area contributed by atoms with E-state index in [0.717, 1.165) is 11.1 Å². The third-order valence-corrected chi connectivity index (χ3v) is 5.49. The second-order valence-corrected chi connectivity index (χ2v) is 8.34. The molecule has 2 amide bonds. The van der Waals surface area contributed by atoms with Crippen LogP contribution in [0.2, 0.25) is 0 Å². The molecule has 0 radical (unpaired) electrons. The second kappa shape index (κ2) is 9.35. The lowest BCUT2D eigenvalue weighted by atomic mass is 10.0. The van der Waals surface area contributed by atoms with Gasteiger partial charge in [-0.3, -0.25) is 9.59 Å². The number of nitrogens with zero attached hydrogens (tertiary/aromatic N) is 3. The Labute approximate surface area is 198 Å². The van der Waals surface area contributed by atoms with Gasteiger partial charge in [-0.15, -0.1) is 0 Å². The fourth-order valence-corrected chi connectivity index (χ4v) is 3.86. The summed E-state index contributed by atoms with van der Waals surface area (Å²) in [6, 6.07) is 14.8. The zero-order valence-corrected chi connectivity index (χ0v) is 19.8. The van der Waals surface area contributed by atoms with E-state index in [1.807, 2.05) is 49.7 Å². The fourth-order valence-electron chi connectivity index (χ4n) is 3.86. The molecule has 2 heterocycles. The molecule has 2 aromatic carbocycles. The lowest BCUT2D eigenvalue weighted by Gasteiger charge is -2.14. The Kier molecular flexibility index (Phi) is 6.32. The number of aryl methyl sites for hydroxylation is 1. The van der Waals surface area contributed by atoms with Crippen molar-refractivity contribution in [2.45, 2.75) is 33.7 Å². The number of hydrogen-bond donors (Lipinski definition) is 2. The smallest absolute Gasteiger partial charge is 0.256 e. The van der Waals surface area contributed by atoms with Gasteiger partial charge in [0.2, 0.25) is 5.91 Å². The maximum atomic E-state index is 13.6. The molecule has 174 valence electrons. The zero-order valence-electron chi connectivity index (χ0n) is 19.8. The highest BCUT2D eigenvalue weighted by atomic mass is 16.5. The molecule has 34 heavy (non-hydrogen) atoms. The van der Waals surface area contributed by atoms with Gasteiger partial charge in [0.05, 0.1) is 35.6 Å². The molecule has 0 aliphatic rings. The van der Waals surface area contributed by atoms with Crippen LogP contribution in [0.3, 0.4) is 0 Å².